The van der Waals surface area contributed by atoms with Gasteiger partial charge in [0.25, 0.3) is 0 Å². The van der Waals surface area contributed by atoms with E-state index in [1.165, 1.54) is 51.4 Å². The van der Waals surface area contributed by atoms with E-state index in [1.54, 1.807) is 5.57 Å². The molecule has 0 saturated heterocycles. The highest BCUT2D eigenvalue weighted by atomic mass is 16.3. The van der Waals surface area contributed by atoms with Gasteiger partial charge < -0.3 is 5.11 Å². The highest BCUT2D eigenvalue weighted by molar-refractivity contribution is 5.25. The van der Waals surface area contributed by atoms with E-state index in [9.17, 15) is 5.11 Å². The van der Waals surface area contributed by atoms with Gasteiger partial charge in [-0.05, 0) is 116 Å². The fraction of sp³-hybridized carbons (Fsp3) is 0.867. The lowest BCUT2D eigenvalue weighted by molar-refractivity contribution is -0.0577. The fourth-order valence-electron chi connectivity index (χ4n) is 8.98. The zero-order chi connectivity index (χ0) is 22.6. The van der Waals surface area contributed by atoms with Gasteiger partial charge in [0.05, 0.1) is 6.10 Å². The van der Waals surface area contributed by atoms with Crippen molar-refractivity contribution in [2.75, 3.05) is 0 Å². The third-order valence-electron chi connectivity index (χ3n) is 11.8. The van der Waals surface area contributed by atoms with Gasteiger partial charge in [-0.3, -0.25) is 0 Å². The van der Waals surface area contributed by atoms with Crippen molar-refractivity contribution in [2.24, 2.45) is 51.8 Å². The number of aliphatic hydroxyl groups is 1. The van der Waals surface area contributed by atoms with Crippen LogP contribution in [-0.2, 0) is 0 Å². The van der Waals surface area contributed by atoms with Crippen LogP contribution in [0.3, 0.4) is 0 Å². The second-order valence-corrected chi connectivity index (χ2v) is 13.3. The van der Waals surface area contributed by atoms with Crippen LogP contribution in [0, 0.1) is 51.8 Å². The number of rotatable bonds is 6. The number of fused-ring (bicyclic) bond motifs is 5. The van der Waals surface area contributed by atoms with E-state index in [1.807, 2.05) is 0 Å². The maximum Gasteiger partial charge on any atom is 0.0577 e. The Hall–Kier alpha value is -0.560. The maximum absolute atomic E-state index is 10.3. The maximum atomic E-state index is 10.3. The first-order valence-electron chi connectivity index (χ1n) is 13.6. The molecule has 9 atom stereocenters. The van der Waals surface area contributed by atoms with Crippen LogP contribution in [0.25, 0.3) is 0 Å². The minimum atomic E-state index is -0.0893. The lowest BCUT2D eigenvalue weighted by atomic mass is 9.47. The molecule has 0 spiro atoms. The SMILES string of the molecule is C=C[C@@](C)(CC[C@@H](C)[C@H]1CC[C@H]2[C@@H]3CC=C4C[C@@H](O)CC[C@]4(C)[C@H]3CC[C@]12C)C(C)C. The molecule has 0 aromatic heterocycles. The average Bonchev–Trinajstić information content (AvgIpc) is 3.09. The molecule has 3 saturated carbocycles. The van der Waals surface area contributed by atoms with E-state index in [0.717, 1.165) is 42.4 Å². The van der Waals surface area contributed by atoms with Gasteiger partial charge in [0, 0.05) is 0 Å². The highest BCUT2D eigenvalue weighted by Gasteiger charge is 2.59. The molecule has 4 rings (SSSR count). The van der Waals surface area contributed by atoms with Crippen LogP contribution in [0.2, 0.25) is 0 Å². The summed E-state index contributed by atoms with van der Waals surface area (Å²) in [6.07, 6.45) is 17.6. The summed E-state index contributed by atoms with van der Waals surface area (Å²) in [4.78, 5) is 0. The third-order valence-corrected chi connectivity index (χ3v) is 11.8. The van der Waals surface area contributed by atoms with Crippen molar-refractivity contribution in [3.63, 3.8) is 0 Å². The third kappa shape index (κ3) is 3.79. The predicted molar refractivity (Wildman–Crippen MR) is 133 cm³/mol. The van der Waals surface area contributed by atoms with Crippen molar-refractivity contribution in [1.82, 2.24) is 0 Å². The van der Waals surface area contributed by atoms with Gasteiger partial charge in [-0.25, -0.2) is 0 Å². The normalized spacial score (nSPS) is 45.2. The molecular formula is C30H50O. The van der Waals surface area contributed by atoms with E-state index >= 15 is 0 Å². The van der Waals surface area contributed by atoms with Crippen LogP contribution in [0.5, 0.6) is 0 Å². The van der Waals surface area contributed by atoms with Crippen LogP contribution in [0.15, 0.2) is 24.3 Å². The Balaban J connectivity index is 1.49. The molecule has 0 aromatic carbocycles. The summed E-state index contributed by atoms with van der Waals surface area (Å²) >= 11 is 0. The molecule has 0 aromatic rings. The molecule has 176 valence electrons. The minimum Gasteiger partial charge on any atom is -0.393 e. The molecule has 1 nitrogen and oxygen atoms in total. The van der Waals surface area contributed by atoms with E-state index in [0.29, 0.717) is 16.7 Å². The van der Waals surface area contributed by atoms with Crippen LogP contribution >= 0.6 is 0 Å². The predicted octanol–water partition coefficient (Wildman–Crippen LogP) is 8.19. The Labute approximate surface area is 193 Å². The van der Waals surface area contributed by atoms with Crippen LogP contribution < -0.4 is 0 Å². The van der Waals surface area contributed by atoms with Crippen LogP contribution in [0.1, 0.15) is 106 Å². The number of hydrogen-bond acceptors (Lipinski definition) is 1. The van der Waals surface area contributed by atoms with Gasteiger partial charge in [0.1, 0.15) is 0 Å². The first-order valence-corrected chi connectivity index (χ1v) is 13.6. The molecule has 0 heterocycles. The summed E-state index contributed by atoms with van der Waals surface area (Å²) in [6, 6.07) is 0. The Morgan fingerprint density at radius 3 is 2.55 bits per heavy atom. The van der Waals surface area contributed by atoms with Crippen LogP contribution in [0.4, 0.5) is 0 Å². The standard InChI is InChI=1S/C30H50O/c1-8-28(5,20(2)3)16-13-21(4)25-11-12-26-24-10-9-22-19-23(31)14-17-29(22,6)27(24)15-18-30(25,26)7/h8-9,20-21,23-27,31H,1,10-19H2,2-7H3/t21-,23+,24+,25-,26+,27+,28+,29+,30-/m1/s1. The second kappa shape index (κ2) is 8.34. The monoisotopic (exact) mass is 426 g/mol. The second-order valence-electron chi connectivity index (χ2n) is 13.3. The van der Waals surface area contributed by atoms with Crippen LogP contribution in [-0.4, -0.2) is 11.2 Å². The zero-order valence-corrected chi connectivity index (χ0v) is 21.4. The lowest BCUT2D eigenvalue weighted by Gasteiger charge is -2.58. The minimum absolute atomic E-state index is 0.0893. The average molecular weight is 427 g/mol. The zero-order valence-electron chi connectivity index (χ0n) is 21.4. The molecule has 0 radical (unpaired) electrons. The molecule has 0 aliphatic heterocycles. The largest absolute Gasteiger partial charge is 0.393 e. The summed E-state index contributed by atoms with van der Waals surface area (Å²) in [5, 5.41) is 10.3. The van der Waals surface area contributed by atoms with Gasteiger partial charge in [0.15, 0.2) is 0 Å². The Morgan fingerprint density at radius 1 is 1.13 bits per heavy atom. The van der Waals surface area contributed by atoms with Gasteiger partial charge in [-0.15, -0.1) is 6.58 Å². The number of hydrogen-bond donors (Lipinski definition) is 1. The van der Waals surface area contributed by atoms with Crippen molar-refractivity contribution in [1.29, 1.82) is 0 Å². The van der Waals surface area contributed by atoms with E-state index in [4.69, 9.17) is 0 Å². The van der Waals surface area contributed by atoms with Gasteiger partial charge in [-0.2, -0.15) is 0 Å². The highest BCUT2D eigenvalue weighted by Crippen LogP contribution is 2.67. The molecule has 1 heteroatoms. The van der Waals surface area contributed by atoms with Crippen molar-refractivity contribution >= 4 is 0 Å². The first-order chi connectivity index (χ1) is 14.5. The lowest BCUT2D eigenvalue weighted by Crippen LogP contribution is -2.50. The van der Waals surface area contributed by atoms with Crippen molar-refractivity contribution in [3.8, 4) is 0 Å². The molecule has 0 amide bonds. The molecule has 0 bridgehead atoms. The Bertz CT molecular complexity index is 705. The summed E-state index contributed by atoms with van der Waals surface area (Å²) in [7, 11) is 0. The smallest absolute Gasteiger partial charge is 0.0577 e. The molecule has 0 unspecified atom stereocenters. The summed E-state index contributed by atoms with van der Waals surface area (Å²) in [5.74, 6) is 5.03. The number of allylic oxidation sites excluding steroid dienone is 2. The fourth-order valence-corrected chi connectivity index (χ4v) is 8.98. The molecule has 3 fully saturated rings. The molecule has 4 aliphatic rings. The molecule has 4 aliphatic carbocycles. The van der Waals surface area contributed by atoms with E-state index < -0.39 is 0 Å². The quantitative estimate of drug-likeness (QED) is 0.424. The first kappa shape index (κ1) is 23.6. The van der Waals surface area contributed by atoms with E-state index in [2.05, 4.69) is 60.3 Å². The Morgan fingerprint density at radius 2 is 1.87 bits per heavy atom. The van der Waals surface area contributed by atoms with Crippen molar-refractivity contribution in [2.45, 2.75) is 112 Å². The summed E-state index contributed by atoms with van der Waals surface area (Å²) in [5.41, 5.74) is 2.79. The number of aliphatic hydroxyl groups excluding tert-OH is 1. The van der Waals surface area contributed by atoms with E-state index in [-0.39, 0.29) is 11.5 Å². The molecule has 1 N–H and O–H groups in total. The van der Waals surface area contributed by atoms with Gasteiger partial charge in [0.2, 0.25) is 0 Å². The van der Waals surface area contributed by atoms with Crippen molar-refractivity contribution in [3.05, 3.63) is 24.3 Å². The summed E-state index contributed by atoms with van der Waals surface area (Å²) < 4.78 is 0. The van der Waals surface area contributed by atoms with Gasteiger partial charge in [-0.1, -0.05) is 59.3 Å². The summed E-state index contributed by atoms with van der Waals surface area (Å²) in [6.45, 7) is 19.1. The van der Waals surface area contributed by atoms with Crippen molar-refractivity contribution < 1.29 is 5.11 Å². The topological polar surface area (TPSA) is 20.2 Å². The Kier molecular flexibility index (Phi) is 6.35. The van der Waals surface area contributed by atoms with Gasteiger partial charge >= 0.3 is 0 Å². The molecule has 31 heavy (non-hydrogen) atoms. The molecular weight excluding hydrogens is 376 g/mol.